The average molecular weight is 334 g/mol. The molecule has 0 spiro atoms. The molecule has 0 aliphatic carbocycles. The van der Waals surface area contributed by atoms with Gasteiger partial charge in [-0.15, -0.1) is 0 Å². The summed E-state index contributed by atoms with van der Waals surface area (Å²) in [5, 5.41) is 1.50. The van der Waals surface area contributed by atoms with Gasteiger partial charge < -0.3 is 4.43 Å². The maximum absolute atomic E-state index is 5.91. The van der Waals surface area contributed by atoms with Crippen LogP contribution >= 0.6 is 0 Å². The van der Waals surface area contributed by atoms with E-state index in [1.165, 1.54) is 5.23 Å². The van der Waals surface area contributed by atoms with Crippen molar-refractivity contribution in [1.82, 2.24) is 5.23 Å². The quantitative estimate of drug-likeness (QED) is 0.279. The van der Waals surface area contributed by atoms with Gasteiger partial charge in [0.25, 0.3) is 0 Å². The summed E-state index contributed by atoms with van der Waals surface area (Å²) in [7, 11) is -5.08. The zero-order valence-corrected chi connectivity index (χ0v) is 17.5. The summed E-state index contributed by atoms with van der Waals surface area (Å²) in [5.74, 6) is 0.646. The van der Waals surface area contributed by atoms with Crippen LogP contribution in [-0.4, -0.2) is 30.2 Å². The Hall–Kier alpha value is -0.349. The third kappa shape index (κ3) is 12.7. The van der Waals surface area contributed by atoms with Gasteiger partial charge in [-0.2, -0.15) is 5.23 Å². The lowest BCUT2D eigenvalue weighted by Crippen LogP contribution is -2.41. The molecular weight excluding hydrogens is 302 g/mol. The maximum atomic E-state index is 5.91. The van der Waals surface area contributed by atoms with E-state index in [0.29, 0.717) is 5.76 Å². The Balaban J connectivity index is 4.76. The van der Waals surface area contributed by atoms with E-state index in [0.717, 1.165) is 0 Å². The van der Waals surface area contributed by atoms with Crippen molar-refractivity contribution in [3.63, 3.8) is 0 Å². The van der Waals surface area contributed by atoms with Crippen molar-refractivity contribution >= 4 is 25.0 Å². The Morgan fingerprint density at radius 1 is 0.800 bits per heavy atom. The molecule has 0 fully saturated rings. The number of hydroxylamine groups is 2. The van der Waals surface area contributed by atoms with Gasteiger partial charge >= 0.3 is 0 Å². The molecule has 0 unspecified atom stereocenters. The van der Waals surface area contributed by atoms with Crippen molar-refractivity contribution in [1.29, 1.82) is 0 Å². The highest BCUT2D eigenvalue weighted by atomic mass is 28.4. The zero-order chi connectivity index (χ0) is 16.2. The Kier molecular flexibility index (Phi) is 6.95. The predicted molar refractivity (Wildman–Crippen MR) is 93.4 cm³/mol. The van der Waals surface area contributed by atoms with Crippen molar-refractivity contribution in [2.24, 2.45) is 0 Å². The van der Waals surface area contributed by atoms with Crippen LogP contribution in [0, 0.1) is 0 Å². The van der Waals surface area contributed by atoms with Gasteiger partial charge in [0.15, 0.2) is 0 Å². The average Bonchev–Trinajstić information content (AvgIpc) is 2.06. The molecule has 0 rings (SSSR count). The highest BCUT2D eigenvalue weighted by Gasteiger charge is 2.24. The number of hydrogen-bond acceptors (Lipinski definition) is 4. The molecule has 0 atom stereocenters. The molecular formula is C13H31NO3Si3. The van der Waals surface area contributed by atoms with E-state index in [1.807, 2.05) is 0 Å². The van der Waals surface area contributed by atoms with E-state index in [9.17, 15) is 0 Å². The van der Waals surface area contributed by atoms with Crippen molar-refractivity contribution in [2.45, 2.75) is 58.9 Å². The number of allylic oxidation sites excluding steroid dienone is 1. The summed E-state index contributed by atoms with van der Waals surface area (Å²) in [4.78, 5) is 0. The van der Waals surface area contributed by atoms with E-state index in [-0.39, 0.29) is 0 Å². The van der Waals surface area contributed by atoms with Crippen LogP contribution in [0.2, 0.25) is 58.9 Å². The molecule has 20 heavy (non-hydrogen) atoms. The third-order valence-electron chi connectivity index (χ3n) is 1.55. The van der Waals surface area contributed by atoms with Crippen molar-refractivity contribution in [2.75, 3.05) is 0 Å². The summed E-state index contributed by atoms with van der Waals surface area (Å²) < 4.78 is 17.6. The summed E-state index contributed by atoms with van der Waals surface area (Å²) >= 11 is 0. The second-order valence-corrected chi connectivity index (χ2v) is 20.9. The van der Waals surface area contributed by atoms with Gasteiger partial charge in [-0.1, -0.05) is 6.58 Å². The van der Waals surface area contributed by atoms with Crippen molar-refractivity contribution in [3.05, 3.63) is 24.6 Å². The van der Waals surface area contributed by atoms with Gasteiger partial charge in [0, 0.05) is 0 Å². The largest absolute Gasteiger partial charge is 0.545 e. The lowest BCUT2D eigenvalue weighted by atomic mass is 10.5. The molecule has 0 aromatic rings. The molecule has 0 heterocycles. The van der Waals surface area contributed by atoms with E-state index in [2.05, 4.69) is 65.5 Å². The smallest absolute Gasteiger partial charge is 0.242 e. The molecule has 0 aromatic heterocycles. The fraction of sp³-hybridized carbons (Fsp3) is 0.692. The molecule has 4 nitrogen and oxygen atoms in total. The minimum absolute atomic E-state index is 0.646. The van der Waals surface area contributed by atoms with Crippen LogP contribution in [0.25, 0.3) is 0 Å². The molecule has 0 saturated heterocycles. The van der Waals surface area contributed by atoms with E-state index in [4.69, 9.17) is 13.5 Å². The number of hydrogen-bond donors (Lipinski definition) is 0. The Morgan fingerprint density at radius 2 is 1.20 bits per heavy atom. The topological polar surface area (TPSA) is 30.9 Å². The lowest BCUT2D eigenvalue weighted by Gasteiger charge is -2.31. The third-order valence-corrected chi connectivity index (χ3v) is 3.88. The first-order chi connectivity index (χ1) is 8.68. The zero-order valence-electron chi connectivity index (χ0n) is 14.5. The van der Waals surface area contributed by atoms with Gasteiger partial charge in [-0.3, -0.25) is 9.05 Å². The van der Waals surface area contributed by atoms with Crippen LogP contribution in [0.4, 0.5) is 0 Å². The summed E-state index contributed by atoms with van der Waals surface area (Å²) in [6, 6.07) is 0. The number of rotatable bonds is 8. The van der Waals surface area contributed by atoms with Crippen LogP contribution in [0.3, 0.4) is 0 Å². The van der Waals surface area contributed by atoms with E-state index >= 15 is 0 Å². The molecule has 0 aliphatic rings. The second-order valence-electron chi connectivity index (χ2n) is 7.69. The molecule has 0 saturated carbocycles. The van der Waals surface area contributed by atoms with Gasteiger partial charge in [-0.25, -0.2) is 0 Å². The first kappa shape index (κ1) is 19.7. The molecule has 0 aromatic carbocycles. The van der Waals surface area contributed by atoms with E-state index < -0.39 is 25.0 Å². The monoisotopic (exact) mass is 333 g/mol. The fourth-order valence-corrected chi connectivity index (χ4v) is 3.40. The minimum Gasteiger partial charge on any atom is -0.545 e. The summed E-state index contributed by atoms with van der Waals surface area (Å²) in [6.45, 7) is 23.0. The Labute approximate surface area is 127 Å². The molecule has 7 heteroatoms. The molecule has 118 valence electrons. The highest BCUT2D eigenvalue weighted by Crippen LogP contribution is 2.15. The maximum Gasteiger partial charge on any atom is 0.242 e. The van der Waals surface area contributed by atoms with Crippen LogP contribution in [-0.2, 0) is 13.5 Å². The SMILES string of the molecule is C=C(/C=C/N(O[Si](C)(C)C)O[Si](C)(C)C)O[Si](C)(C)C. The number of nitrogens with zero attached hydrogens (tertiary/aromatic N) is 1. The standard InChI is InChI=1S/C13H31NO3Si3/c1-13(15-18(2,3)4)11-12-14(16-19(5,6)7)17-20(8,9)10/h11-12H,1H2,2-10H3/b12-11+. The van der Waals surface area contributed by atoms with Crippen LogP contribution in [0.5, 0.6) is 0 Å². The lowest BCUT2D eigenvalue weighted by molar-refractivity contribution is -0.231. The molecule has 0 radical (unpaired) electrons. The summed E-state index contributed by atoms with van der Waals surface area (Å²) in [5.41, 5.74) is 0. The van der Waals surface area contributed by atoms with Crippen LogP contribution in [0.15, 0.2) is 24.6 Å². The minimum atomic E-state index is -1.73. The highest BCUT2D eigenvalue weighted by molar-refractivity contribution is 6.70. The van der Waals surface area contributed by atoms with E-state index in [1.54, 1.807) is 12.3 Å². The Bertz CT molecular complexity index is 335. The molecule has 0 N–H and O–H groups in total. The van der Waals surface area contributed by atoms with Gasteiger partial charge in [0.05, 0.1) is 12.0 Å². The first-order valence-corrected chi connectivity index (χ1v) is 17.1. The molecule has 0 aliphatic heterocycles. The second kappa shape index (κ2) is 7.08. The summed E-state index contributed by atoms with van der Waals surface area (Å²) in [6.07, 6.45) is 3.57. The van der Waals surface area contributed by atoms with Crippen molar-refractivity contribution < 1.29 is 13.5 Å². The van der Waals surface area contributed by atoms with Crippen LogP contribution in [0.1, 0.15) is 0 Å². The predicted octanol–water partition coefficient (Wildman–Crippen LogP) is 4.70. The normalized spacial score (nSPS) is 13.7. The molecule has 0 bridgehead atoms. The van der Waals surface area contributed by atoms with Gasteiger partial charge in [0.1, 0.15) is 0 Å². The van der Waals surface area contributed by atoms with Crippen molar-refractivity contribution in [3.8, 4) is 0 Å². The van der Waals surface area contributed by atoms with Crippen LogP contribution < -0.4 is 0 Å². The van der Waals surface area contributed by atoms with Gasteiger partial charge in [0.2, 0.25) is 25.0 Å². The first-order valence-electron chi connectivity index (χ1n) is 6.92. The van der Waals surface area contributed by atoms with Gasteiger partial charge in [-0.05, 0) is 65.0 Å². The Morgan fingerprint density at radius 3 is 1.50 bits per heavy atom. The molecule has 0 amide bonds. The fourth-order valence-electron chi connectivity index (χ4n) is 1.19.